The number of carboxylic acid groups (broad SMARTS) is 1. The zero-order valence-corrected chi connectivity index (χ0v) is 16.1. The fraction of sp³-hybridized carbons (Fsp3) is 0.611. The summed E-state index contributed by atoms with van der Waals surface area (Å²) in [4.78, 5) is 11.2. The van der Waals surface area contributed by atoms with Gasteiger partial charge in [-0.1, -0.05) is 12.8 Å². The van der Waals surface area contributed by atoms with Crippen LogP contribution in [0.5, 0.6) is 0 Å². The zero-order valence-electron chi connectivity index (χ0n) is 15.3. The van der Waals surface area contributed by atoms with E-state index in [9.17, 15) is 18.3 Å². The van der Waals surface area contributed by atoms with Gasteiger partial charge in [0.1, 0.15) is 4.90 Å². The summed E-state index contributed by atoms with van der Waals surface area (Å²) in [5.74, 6) is -1.15. The molecule has 0 unspecified atom stereocenters. The van der Waals surface area contributed by atoms with Crippen molar-refractivity contribution in [3.05, 3.63) is 23.8 Å². The molecule has 0 spiro atoms. The van der Waals surface area contributed by atoms with Crippen molar-refractivity contribution in [2.45, 2.75) is 63.0 Å². The quantitative estimate of drug-likeness (QED) is 0.536. The number of sulfonamides is 1. The third-order valence-electron chi connectivity index (χ3n) is 4.30. The molecule has 1 aromatic rings. The maximum absolute atomic E-state index is 12.7. The Bertz CT molecular complexity index is 712. The first-order valence-electron chi connectivity index (χ1n) is 9.05. The Kier molecular flexibility index (Phi) is 7.43. The number of ether oxygens (including phenoxy) is 1. The summed E-state index contributed by atoms with van der Waals surface area (Å²) < 4.78 is 33.4. The van der Waals surface area contributed by atoms with Crippen molar-refractivity contribution >= 4 is 21.7 Å². The van der Waals surface area contributed by atoms with E-state index in [1.165, 1.54) is 18.2 Å². The second kappa shape index (κ2) is 9.34. The van der Waals surface area contributed by atoms with Crippen molar-refractivity contribution in [3.63, 3.8) is 0 Å². The number of hydrogen-bond acceptors (Lipinski definition) is 5. The number of aromatic carboxylic acids is 1. The largest absolute Gasteiger partial charge is 0.478 e. The molecule has 26 heavy (non-hydrogen) atoms. The van der Waals surface area contributed by atoms with E-state index in [0.717, 1.165) is 25.7 Å². The van der Waals surface area contributed by atoms with E-state index in [1.807, 2.05) is 13.8 Å². The summed E-state index contributed by atoms with van der Waals surface area (Å²) in [5.41, 5.74) is 0.401. The monoisotopic (exact) mass is 384 g/mol. The van der Waals surface area contributed by atoms with Gasteiger partial charge in [-0.05, 0) is 51.3 Å². The SMILES string of the molecule is CC(C)OCCCNS(=O)(=O)c1cc(C(=O)O)ccc1NC1CCCC1. The highest BCUT2D eigenvalue weighted by atomic mass is 32.2. The first-order chi connectivity index (χ1) is 12.3. The number of rotatable bonds is 10. The fourth-order valence-electron chi connectivity index (χ4n) is 2.96. The van der Waals surface area contributed by atoms with Crippen LogP contribution in [0.1, 0.15) is 56.3 Å². The summed E-state index contributed by atoms with van der Waals surface area (Å²) in [7, 11) is -3.82. The molecule has 0 amide bonds. The third-order valence-corrected chi connectivity index (χ3v) is 5.80. The number of anilines is 1. The average Bonchev–Trinajstić information content (AvgIpc) is 3.07. The van der Waals surface area contributed by atoms with Gasteiger partial charge in [0.25, 0.3) is 0 Å². The van der Waals surface area contributed by atoms with Gasteiger partial charge in [-0.15, -0.1) is 0 Å². The van der Waals surface area contributed by atoms with Gasteiger partial charge in [0.15, 0.2) is 0 Å². The highest BCUT2D eigenvalue weighted by molar-refractivity contribution is 7.89. The molecule has 0 heterocycles. The van der Waals surface area contributed by atoms with Crippen LogP contribution in [-0.2, 0) is 14.8 Å². The van der Waals surface area contributed by atoms with Crippen molar-refractivity contribution in [2.75, 3.05) is 18.5 Å². The minimum atomic E-state index is -3.82. The summed E-state index contributed by atoms with van der Waals surface area (Å²) >= 11 is 0. The van der Waals surface area contributed by atoms with Crippen LogP contribution in [0.3, 0.4) is 0 Å². The summed E-state index contributed by atoms with van der Waals surface area (Å²) in [6, 6.07) is 4.40. The summed E-state index contributed by atoms with van der Waals surface area (Å²) in [6.45, 7) is 4.53. The average molecular weight is 384 g/mol. The molecule has 0 radical (unpaired) electrons. The Hall–Kier alpha value is -1.64. The lowest BCUT2D eigenvalue weighted by Gasteiger charge is -2.18. The number of carbonyl (C=O) groups is 1. The molecule has 146 valence electrons. The van der Waals surface area contributed by atoms with Crippen LogP contribution in [0, 0.1) is 0 Å². The maximum atomic E-state index is 12.7. The predicted octanol–water partition coefficient (Wildman–Crippen LogP) is 2.83. The van der Waals surface area contributed by atoms with Gasteiger partial charge in [-0.3, -0.25) is 0 Å². The van der Waals surface area contributed by atoms with E-state index in [2.05, 4.69) is 10.0 Å². The van der Waals surface area contributed by atoms with Crippen LogP contribution in [0.15, 0.2) is 23.1 Å². The zero-order chi connectivity index (χ0) is 19.2. The van der Waals surface area contributed by atoms with Crippen LogP contribution >= 0.6 is 0 Å². The standard InChI is InChI=1S/C18H28N2O5S/c1-13(2)25-11-5-10-19-26(23,24)17-12-14(18(21)22)8-9-16(17)20-15-6-3-4-7-15/h8-9,12-13,15,19-20H,3-7,10-11H2,1-2H3,(H,21,22). The van der Waals surface area contributed by atoms with Gasteiger partial charge >= 0.3 is 5.97 Å². The van der Waals surface area contributed by atoms with Gasteiger partial charge in [0, 0.05) is 19.2 Å². The second-order valence-corrected chi connectivity index (χ2v) is 8.55. The maximum Gasteiger partial charge on any atom is 0.335 e. The molecular formula is C18H28N2O5S. The Balaban J connectivity index is 2.14. The minimum Gasteiger partial charge on any atom is -0.478 e. The normalized spacial score (nSPS) is 15.5. The molecule has 7 nitrogen and oxygen atoms in total. The smallest absolute Gasteiger partial charge is 0.335 e. The Morgan fingerprint density at radius 2 is 2.00 bits per heavy atom. The van der Waals surface area contributed by atoms with Gasteiger partial charge in [-0.2, -0.15) is 0 Å². The molecule has 1 aliphatic rings. The molecule has 1 aliphatic carbocycles. The molecule has 0 aromatic heterocycles. The van der Waals surface area contributed by atoms with E-state index >= 15 is 0 Å². The number of benzene rings is 1. The molecule has 1 fully saturated rings. The molecule has 1 saturated carbocycles. The lowest BCUT2D eigenvalue weighted by Crippen LogP contribution is -2.28. The molecule has 0 bridgehead atoms. The number of hydrogen-bond donors (Lipinski definition) is 3. The second-order valence-electron chi connectivity index (χ2n) is 6.81. The van der Waals surface area contributed by atoms with E-state index in [-0.39, 0.29) is 29.1 Å². The van der Waals surface area contributed by atoms with Crippen molar-refractivity contribution in [2.24, 2.45) is 0 Å². The summed E-state index contributed by atoms with van der Waals surface area (Å²) in [5, 5.41) is 12.5. The van der Waals surface area contributed by atoms with Crippen LogP contribution in [0.25, 0.3) is 0 Å². The van der Waals surface area contributed by atoms with Gasteiger partial charge in [0.2, 0.25) is 10.0 Å². The van der Waals surface area contributed by atoms with Crippen molar-refractivity contribution < 1.29 is 23.1 Å². The molecule has 0 atom stereocenters. The third kappa shape index (κ3) is 5.96. The van der Waals surface area contributed by atoms with E-state index < -0.39 is 16.0 Å². The highest BCUT2D eigenvalue weighted by Gasteiger charge is 2.23. The van der Waals surface area contributed by atoms with Crippen LogP contribution < -0.4 is 10.0 Å². The number of nitrogens with one attached hydrogen (secondary N) is 2. The van der Waals surface area contributed by atoms with Crippen LogP contribution in [0.4, 0.5) is 5.69 Å². The van der Waals surface area contributed by atoms with E-state index in [0.29, 0.717) is 18.7 Å². The predicted molar refractivity (Wildman–Crippen MR) is 100 cm³/mol. The van der Waals surface area contributed by atoms with Crippen molar-refractivity contribution in [3.8, 4) is 0 Å². The van der Waals surface area contributed by atoms with Crippen LogP contribution in [-0.4, -0.2) is 44.8 Å². The minimum absolute atomic E-state index is 0.0194. The van der Waals surface area contributed by atoms with Gasteiger partial charge in [-0.25, -0.2) is 17.9 Å². The van der Waals surface area contributed by atoms with Crippen molar-refractivity contribution in [1.29, 1.82) is 0 Å². The van der Waals surface area contributed by atoms with Gasteiger partial charge in [0.05, 0.1) is 17.4 Å². The van der Waals surface area contributed by atoms with Gasteiger partial charge < -0.3 is 15.2 Å². The lowest BCUT2D eigenvalue weighted by molar-refractivity contribution is 0.0696. The first kappa shape index (κ1) is 20.7. The Labute approximate surface area is 155 Å². The Morgan fingerprint density at radius 3 is 2.62 bits per heavy atom. The molecule has 3 N–H and O–H groups in total. The van der Waals surface area contributed by atoms with E-state index in [1.54, 1.807) is 0 Å². The topological polar surface area (TPSA) is 105 Å². The van der Waals surface area contributed by atoms with E-state index in [4.69, 9.17) is 4.74 Å². The summed E-state index contributed by atoms with van der Waals surface area (Å²) in [6.07, 6.45) is 4.84. The molecule has 2 rings (SSSR count). The van der Waals surface area contributed by atoms with Crippen molar-refractivity contribution in [1.82, 2.24) is 4.72 Å². The Morgan fingerprint density at radius 1 is 1.31 bits per heavy atom. The highest BCUT2D eigenvalue weighted by Crippen LogP contribution is 2.28. The molecule has 0 aliphatic heterocycles. The number of carboxylic acids is 1. The van der Waals surface area contributed by atoms with Crippen LogP contribution in [0.2, 0.25) is 0 Å². The lowest BCUT2D eigenvalue weighted by atomic mass is 10.2. The fourth-order valence-corrected chi connectivity index (χ4v) is 4.23. The molecule has 8 heteroatoms. The molecule has 1 aromatic carbocycles. The first-order valence-corrected chi connectivity index (χ1v) is 10.5. The molecular weight excluding hydrogens is 356 g/mol. The molecule has 0 saturated heterocycles.